The Morgan fingerprint density at radius 2 is 1.90 bits per heavy atom. The summed E-state index contributed by atoms with van der Waals surface area (Å²) >= 11 is 0. The van der Waals surface area contributed by atoms with Crippen LogP contribution in [0, 0.1) is 5.82 Å². The second-order valence-electron chi connectivity index (χ2n) is 5.54. The normalized spacial score (nSPS) is 13.2. The number of rotatable bonds is 5. The quantitative estimate of drug-likeness (QED) is 0.914. The van der Waals surface area contributed by atoms with Crippen LogP contribution in [0.1, 0.15) is 28.7 Å². The highest BCUT2D eigenvalue weighted by molar-refractivity contribution is 5.37. The second-order valence-corrected chi connectivity index (χ2v) is 5.54. The maximum Gasteiger partial charge on any atom is 0.123 e. The van der Waals surface area contributed by atoms with E-state index in [1.165, 1.54) is 41.7 Å². The molecule has 0 bridgehead atoms. The molecule has 2 aromatic carbocycles. The Kier molecular flexibility index (Phi) is 4.20. The molecule has 110 valence electrons. The molecular formula is C18H20FNO. The van der Waals surface area contributed by atoms with Crippen LogP contribution in [0.15, 0.2) is 36.4 Å². The molecule has 1 aliphatic carbocycles. The van der Waals surface area contributed by atoms with Crippen LogP contribution >= 0.6 is 0 Å². The highest BCUT2D eigenvalue weighted by Crippen LogP contribution is 2.25. The average molecular weight is 285 g/mol. The molecule has 0 amide bonds. The van der Waals surface area contributed by atoms with Gasteiger partial charge in [-0.25, -0.2) is 4.39 Å². The highest BCUT2D eigenvalue weighted by atomic mass is 19.1. The summed E-state index contributed by atoms with van der Waals surface area (Å²) < 4.78 is 19.2. The van der Waals surface area contributed by atoms with Crippen LogP contribution in [0.5, 0.6) is 5.75 Å². The molecule has 21 heavy (non-hydrogen) atoms. The second kappa shape index (κ2) is 6.27. The molecule has 3 rings (SSSR count). The van der Waals surface area contributed by atoms with E-state index in [9.17, 15) is 4.39 Å². The molecule has 0 heterocycles. The maximum atomic E-state index is 13.3. The SMILES string of the molecule is NCCc1cc(F)ccc1OCc1ccc2c(c1)CCC2. The van der Waals surface area contributed by atoms with Crippen molar-refractivity contribution in [3.63, 3.8) is 0 Å². The molecule has 2 N–H and O–H groups in total. The fraction of sp³-hybridized carbons (Fsp3) is 0.333. The van der Waals surface area contributed by atoms with Crippen LogP contribution in [0.4, 0.5) is 4.39 Å². The molecule has 0 aliphatic heterocycles. The maximum absolute atomic E-state index is 13.3. The molecule has 1 aliphatic rings. The van der Waals surface area contributed by atoms with E-state index < -0.39 is 0 Å². The van der Waals surface area contributed by atoms with E-state index in [1.54, 1.807) is 6.07 Å². The van der Waals surface area contributed by atoms with Crippen molar-refractivity contribution < 1.29 is 9.13 Å². The van der Waals surface area contributed by atoms with Crippen molar-refractivity contribution >= 4 is 0 Å². The summed E-state index contributed by atoms with van der Waals surface area (Å²) in [6.45, 7) is 0.995. The molecule has 0 saturated heterocycles. The van der Waals surface area contributed by atoms with Gasteiger partial charge >= 0.3 is 0 Å². The van der Waals surface area contributed by atoms with Gasteiger partial charge in [0.25, 0.3) is 0 Å². The Labute approximate surface area is 124 Å². The zero-order chi connectivity index (χ0) is 14.7. The van der Waals surface area contributed by atoms with Gasteiger partial charge in [-0.3, -0.25) is 0 Å². The van der Waals surface area contributed by atoms with Crippen LogP contribution < -0.4 is 10.5 Å². The lowest BCUT2D eigenvalue weighted by molar-refractivity contribution is 0.302. The topological polar surface area (TPSA) is 35.2 Å². The Morgan fingerprint density at radius 1 is 1.05 bits per heavy atom. The molecule has 0 spiro atoms. The van der Waals surface area contributed by atoms with Crippen molar-refractivity contribution in [1.82, 2.24) is 0 Å². The number of hydrogen-bond donors (Lipinski definition) is 1. The minimum atomic E-state index is -0.247. The van der Waals surface area contributed by atoms with Crippen molar-refractivity contribution in [2.75, 3.05) is 6.54 Å². The zero-order valence-corrected chi connectivity index (χ0v) is 12.1. The van der Waals surface area contributed by atoms with Crippen LogP contribution in [-0.2, 0) is 25.9 Å². The van der Waals surface area contributed by atoms with E-state index in [1.807, 2.05) is 0 Å². The van der Waals surface area contributed by atoms with E-state index in [4.69, 9.17) is 10.5 Å². The lowest BCUT2D eigenvalue weighted by Crippen LogP contribution is -2.06. The molecule has 0 saturated carbocycles. The third kappa shape index (κ3) is 3.24. The van der Waals surface area contributed by atoms with Crippen LogP contribution in [0.25, 0.3) is 0 Å². The summed E-state index contributed by atoms with van der Waals surface area (Å²) in [7, 11) is 0. The van der Waals surface area contributed by atoms with Crippen LogP contribution in [0.3, 0.4) is 0 Å². The van der Waals surface area contributed by atoms with Crippen molar-refractivity contribution in [1.29, 1.82) is 0 Å². The van der Waals surface area contributed by atoms with Crippen LogP contribution in [0.2, 0.25) is 0 Å². The zero-order valence-electron chi connectivity index (χ0n) is 12.1. The predicted octanol–water partition coefficient (Wildman–Crippen LogP) is 3.39. The van der Waals surface area contributed by atoms with E-state index >= 15 is 0 Å². The van der Waals surface area contributed by atoms with E-state index in [2.05, 4.69) is 18.2 Å². The highest BCUT2D eigenvalue weighted by Gasteiger charge is 2.11. The molecule has 3 heteroatoms. The Hall–Kier alpha value is -1.87. The van der Waals surface area contributed by atoms with Crippen molar-refractivity contribution in [3.8, 4) is 5.75 Å². The minimum Gasteiger partial charge on any atom is -0.489 e. The van der Waals surface area contributed by atoms with Gasteiger partial charge in [-0.1, -0.05) is 18.2 Å². The molecule has 2 nitrogen and oxygen atoms in total. The Balaban J connectivity index is 1.72. The summed E-state index contributed by atoms with van der Waals surface area (Å²) in [5.41, 5.74) is 10.5. The Bertz CT molecular complexity index is 639. The van der Waals surface area contributed by atoms with Crippen molar-refractivity contribution in [3.05, 3.63) is 64.5 Å². The van der Waals surface area contributed by atoms with E-state index in [-0.39, 0.29) is 5.82 Å². The third-order valence-corrected chi connectivity index (χ3v) is 3.99. The van der Waals surface area contributed by atoms with Gasteiger partial charge in [0.2, 0.25) is 0 Å². The first-order valence-electron chi connectivity index (χ1n) is 7.48. The monoisotopic (exact) mass is 285 g/mol. The predicted molar refractivity (Wildman–Crippen MR) is 82.0 cm³/mol. The molecule has 0 aromatic heterocycles. The number of benzene rings is 2. The number of aryl methyl sites for hydroxylation is 2. The van der Waals surface area contributed by atoms with Crippen molar-refractivity contribution in [2.45, 2.75) is 32.3 Å². The standard InChI is InChI=1S/C18H20FNO/c19-17-6-7-18(16(11-17)8-9-20)21-12-13-4-5-14-2-1-3-15(14)10-13/h4-7,10-11H,1-3,8-9,12,20H2. The first-order chi connectivity index (χ1) is 10.3. The number of nitrogens with two attached hydrogens (primary N) is 1. The largest absolute Gasteiger partial charge is 0.489 e. The number of halogens is 1. The van der Waals surface area contributed by atoms with Crippen LogP contribution in [-0.4, -0.2) is 6.54 Å². The fourth-order valence-electron chi connectivity index (χ4n) is 2.92. The first-order valence-corrected chi connectivity index (χ1v) is 7.48. The summed E-state index contributed by atoms with van der Waals surface area (Å²) in [5, 5.41) is 0. The summed E-state index contributed by atoms with van der Waals surface area (Å²) in [4.78, 5) is 0. The van der Waals surface area contributed by atoms with Gasteiger partial charge in [-0.2, -0.15) is 0 Å². The summed E-state index contributed by atoms with van der Waals surface area (Å²) in [6, 6.07) is 11.2. The average Bonchev–Trinajstić information content (AvgIpc) is 2.94. The smallest absolute Gasteiger partial charge is 0.123 e. The number of hydrogen-bond acceptors (Lipinski definition) is 2. The Morgan fingerprint density at radius 3 is 2.76 bits per heavy atom. The van der Waals surface area contributed by atoms with Gasteiger partial charge in [0.05, 0.1) is 0 Å². The molecule has 0 unspecified atom stereocenters. The van der Waals surface area contributed by atoms with Gasteiger partial charge in [-0.05, 0) is 72.7 Å². The molecular weight excluding hydrogens is 265 g/mol. The fourth-order valence-corrected chi connectivity index (χ4v) is 2.92. The lowest BCUT2D eigenvalue weighted by Gasteiger charge is -2.12. The van der Waals surface area contributed by atoms with Crippen molar-refractivity contribution in [2.24, 2.45) is 5.73 Å². The number of fused-ring (bicyclic) bond motifs is 1. The minimum absolute atomic E-state index is 0.247. The molecule has 0 atom stereocenters. The van der Waals surface area contributed by atoms with Gasteiger partial charge in [0.1, 0.15) is 18.2 Å². The third-order valence-electron chi connectivity index (χ3n) is 3.99. The summed E-state index contributed by atoms with van der Waals surface area (Å²) in [5.74, 6) is 0.477. The van der Waals surface area contributed by atoms with Gasteiger partial charge in [0.15, 0.2) is 0 Å². The van der Waals surface area contributed by atoms with Gasteiger partial charge < -0.3 is 10.5 Å². The summed E-state index contributed by atoms with van der Waals surface area (Å²) in [6.07, 6.45) is 4.22. The van der Waals surface area contributed by atoms with E-state index in [0.29, 0.717) is 19.6 Å². The van der Waals surface area contributed by atoms with Gasteiger partial charge in [0, 0.05) is 0 Å². The molecule has 0 radical (unpaired) electrons. The molecule has 0 fully saturated rings. The lowest BCUT2D eigenvalue weighted by atomic mass is 10.1. The van der Waals surface area contributed by atoms with E-state index in [0.717, 1.165) is 17.7 Å². The molecule has 2 aromatic rings. The van der Waals surface area contributed by atoms with Gasteiger partial charge in [-0.15, -0.1) is 0 Å². The first kappa shape index (κ1) is 14.1. The number of ether oxygens (including phenoxy) is 1.